The van der Waals surface area contributed by atoms with Crippen molar-refractivity contribution in [2.45, 2.75) is 33.2 Å². The van der Waals surface area contributed by atoms with E-state index < -0.39 is 0 Å². The summed E-state index contributed by atoms with van der Waals surface area (Å²) < 4.78 is 0. The first-order valence-corrected chi connectivity index (χ1v) is 7.79. The number of nitrogens with two attached hydrogens (primary N) is 1. The van der Waals surface area contributed by atoms with Crippen LogP contribution in [-0.2, 0) is 6.54 Å². The molecule has 0 bridgehead atoms. The van der Waals surface area contributed by atoms with Crippen LogP contribution in [0.25, 0.3) is 0 Å². The van der Waals surface area contributed by atoms with Crippen LogP contribution in [0.5, 0.6) is 0 Å². The van der Waals surface area contributed by atoms with Crippen LogP contribution in [-0.4, -0.2) is 38.0 Å². The monoisotopic (exact) mass is 416 g/mol. The zero-order valence-corrected chi connectivity index (χ0v) is 16.5. The fourth-order valence-electron chi connectivity index (χ4n) is 2.89. The molecule has 1 aromatic rings. The lowest BCUT2D eigenvalue weighted by molar-refractivity contribution is 0.270. The molecular formula is C17H29IN4. The van der Waals surface area contributed by atoms with Gasteiger partial charge in [0.15, 0.2) is 5.96 Å². The number of hydrogen-bond acceptors (Lipinski definition) is 2. The molecule has 2 N–H and O–H groups in total. The van der Waals surface area contributed by atoms with E-state index >= 15 is 0 Å². The lowest BCUT2D eigenvalue weighted by atomic mass is 10.0. The summed E-state index contributed by atoms with van der Waals surface area (Å²) in [6.45, 7) is 7.11. The molecule has 1 aromatic carbocycles. The molecule has 22 heavy (non-hydrogen) atoms. The van der Waals surface area contributed by atoms with E-state index in [-0.39, 0.29) is 24.0 Å². The summed E-state index contributed by atoms with van der Waals surface area (Å²) in [6, 6.07) is 6.49. The summed E-state index contributed by atoms with van der Waals surface area (Å²) >= 11 is 0. The molecule has 0 aliphatic carbocycles. The number of hydrogen-bond donors (Lipinski definition) is 1. The van der Waals surface area contributed by atoms with Crippen molar-refractivity contribution in [3.8, 4) is 0 Å². The summed E-state index contributed by atoms with van der Waals surface area (Å²) in [4.78, 5) is 8.97. The molecule has 124 valence electrons. The zero-order chi connectivity index (χ0) is 15.4. The SMILES string of the molecule is Cc1ccc(CN=C(N)N2CCCC(C)C2)c(N(C)C)c1.I. The average molecular weight is 416 g/mol. The highest BCUT2D eigenvalue weighted by Gasteiger charge is 2.17. The van der Waals surface area contributed by atoms with E-state index in [1.54, 1.807) is 0 Å². The maximum absolute atomic E-state index is 6.18. The predicted octanol–water partition coefficient (Wildman–Crippen LogP) is 3.23. The predicted molar refractivity (Wildman–Crippen MR) is 106 cm³/mol. The van der Waals surface area contributed by atoms with Gasteiger partial charge in [0.25, 0.3) is 0 Å². The number of benzene rings is 1. The van der Waals surface area contributed by atoms with Crippen LogP contribution in [0.1, 0.15) is 30.9 Å². The molecule has 0 amide bonds. The van der Waals surface area contributed by atoms with Gasteiger partial charge in [-0.2, -0.15) is 0 Å². The Hall–Kier alpha value is -0.980. The van der Waals surface area contributed by atoms with E-state index in [1.165, 1.54) is 29.7 Å². The van der Waals surface area contributed by atoms with Gasteiger partial charge < -0.3 is 15.5 Å². The molecule has 0 saturated carbocycles. The van der Waals surface area contributed by atoms with Gasteiger partial charge in [0, 0.05) is 32.9 Å². The zero-order valence-electron chi connectivity index (χ0n) is 14.2. The van der Waals surface area contributed by atoms with Crippen molar-refractivity contribution < 1.29 is 0 Å². The maximum Gasteiger partial charge on any atom is 0.191 e. The Morgan fingerprint density at radius 2 is 2.14 bits per heavy atom. The molecular weight excluding hydrogens is 387 g/mol. The number of aliphatic imine (C=N–C) groups is 1. The quantitative estimate of drug-likeness (QED) is 0.468. The van der Waals surface area contributed by atoms with Gasteiger partial charge in [-0.05, 0) is 42.9 Å². The van der Waals surface area contributed by atoms with Crippen molar-refractivity contribution in [1.82, 2.24) is 4.90 Å². The summed E-state index contributed by atoms with van der Waals surface area (Å²) in [5.74, 6) is 1.40. The van der Waals surface area contributed by atoms with Crippen LogP contribution < -0.4 is 10.6 Å². The highest BCUT2D eigenvalue weighted by atomic mass is 127. The molecule has 1 fully saturated rings. The number of guanidine groups is 1. The van der Waals surface area contributed by atoms with Crippen molar-refractivity contribution in [1.29, 1.82) is 0 Å². The average Bonchev–Trinajstić information content (AvgIpc) is 2.45. The molecule has 0 aromatic heterocycles. The first-order chi connectivity index (χ1) is 9.97. The van der Waals surface area contributed by atoms with Crippen LogP contribution in [0.15, 0.2) is 23.2 Å². The normalized spacial score (nSPS) is 18.8. The summed E-state index contributed by atoms with van der Waals surface area (Å²) in [7, 11) is 4.13. The van der Waals surface area contributed by atoms with Gasteiger partial charge in [0.1, 0.15) is 0 Å². The number of likely N-dealkylation sites (tertiary alicyclic amines) is 1. The molecule has 0 spiro atoms. The van der Waals surface area contributed by atoms with Gasteiger partial charge in [-0.1, -0.05) is 19.1 Å². The van der Waals surface area contributed by atoms with Crippen LogP contribution in [0.3, 0.4) is 0 Å². The molecule has 5 heteroatoms. The third kappa shape index (κ3) is 5.04. The van der Waals surface area contributed by atoms with E-state index in [1.807, 2.05) is 0 Å². The minimum atomic E-state index is 0. The van der Waals surface area contributed by atoms with Crippen molar-refractivity contribution in [2.24, 2.45) is 16.6 Å². The number of anilines is 1. The highest BCUT2D eigenvalue weighted by Crippen LogP contribution is 2.21. The number of piperidine rings is 1. The fourth-order valence-corrected chi connectivity index (χ4v) is 2.89. The van der Waals surface area contributed by atoms with Gasteiger partial charge in [-0.25, -0.2) is 4.99 Å². The third-order valence-corrected chi connectivity index (χ3v) is 4.12. The van der Waals surface area contributed by atoms with Crippen LogP contribution in [0.2, 0.25) is 0 Å². The molecule has 1 heterocycles. The van der Waals surface area contributed by atoms with Gasteiger partial charge >= 0.3 is 0 Å². The highest BCUT2D eigenvalue weighted by molar-refractivity contribution is 14.0. The number of halogens is 1. The van der Waals surface area contributed by atoms with Gasteiger partial charge in [0.2, 0.25) is 0 Å². The second-order valence-electron chi connectivity index (χ2n) is 6.39. The van der Waals surface area contributed by atoms with E-state index in [0.717, 1.165) is 13.1 Å². The second-order valence-corrected chi connectivity index (χ2v) is 6.39. The third-order valence-electron chi connectivity index (χ3n) is 4.12. The minimum Gasteiger partial charge on any atom is -0.377 e. The Morgan fingerprint density at radius 3 is 2.77 bits per heavy atom. The fraction of sp³-hybridized carbons (Fsp3) is 0.588. The van der Waals surface area contributed by atoms with E-state index in [9.17, 15) is 0 Å². The van der Waals surface area contributed by atoms with Gasteiger partial charge in [-0.15, -0.1) is 24.0 Å². The Kier molecular flexibility index (Phi) is 7.45. The molecule has 0 radical (unpaired) electrons. The Labute approximate surface area is 151 Å². The number of rotatable bonds is 3. The number of aryl methyl sites for hydroxylation is 1. The first kappa shape index (κ1) is 19.1. The number of nitrogens with zero attached hydrogens (tertiary/aromatic N) is 3. The largest absolute Gasteiger partial charge is 0.377 e. The second kappa shape index (κ2) is 8.60. The molecule has 1 unspecified atom stereocenters. The minimum absolute atomic E-state index is 0. The smallest absolute Gasteiger partial charge is 0.191 e. The molecule has 1 atom stereocenters. The molecule has 2 rings (SSSR count). The van der Waals surface area contributed by atoms with Gasteiger partial charge in [-0.3, -0.25) is 0 Å². The van der Waals surface area contributed by atoms with Crippen LogP contribution in [0, 0.1) is 12.8 Å². The Morgan fingerprint density at radius 1 is 1.41 bits per heavy atom. The standard InChI is InChI=1S/C17H28N4.HI/c1-13-7-8-15(16(10-13)20(3)4)11-19-17(18)21-9-5-6-14(2)12-21;/h7-8,10,14H,5-6,9,11-12H2,1-4H3,(H2,18,19);1H. The Balaban J connectivity index is 0.00000242. The van der Waals surface area contributed by atoms with E-state index in [2.05, 4.69) is 60.9 Å². The molecule has 4 nitrogen and oxygen atoms in total. The topological polar surface area (TPSA) is 44.9 Å². The van der Waals surface area contributed by atoms with Crippen molar-refractivity contribution >= 4 is 35.6 Å². The Bertz CT molecular complexity index is 513. The van der Waals surface area contributed by atoms with Crippen molar-refractivity contribution in [3.63, 3.8) is 0 Å². The van der Waals surface area contributed by atoms with E-state index in [0.29, 0.717) is 18.4 Å². The van der Waals surface area contributed by atoms with Crippen LogP contribution >= 0.6 is 24.0 Å². The van der Waals surface area contributed by atoms with Crippen molar-refractivity contribution in [3.05, 3.63) is 29.3 Å². The maximum atomic E-state index is 6.18. The molecule has 1 saturated heterocycles. The van der Waals surface area contributed by atoms with Crippen molar-refractivity contribution in [2.75, 3.05) is 32.1 Å². The summed E-state index contributed by atoms with van der Waals surface area (Å²) in [6.07, 6.45) is 2.51. The first-order valence-electron chi connectivity index (χ1n) is 7.79. The lowest BCUT2D eigenvalue weighted by Gasteiger charge is -2.31. The summed E-state index contributed by atoms with van der Waals surface area (Å²) in [5.41, 5.74) is 9.89. The molecule has 1 aliphatic heterocycles. The lowest BCUT2D eigenvalue weighted by Crippen LogP contribution is -2.43. The molecule has 1 aliphatic rings. The summed E-state index contributed by atoms with van der Waals surface area (Å²) in [5, 5.41) is 0. The van der Waals surface area contributed by atoms with E-state index in [4.69, 9.17) is 5.73 Å². The van der Waals surface area contributed by atoms with Crippen LogP contribution in [0.4, 0.5) is 5.69 Å². The van der Waals surface area contributed by atoms with Gasteiger partial charge in [0.05, 0.1) is 6.54 Å².